The molecule has 166 valence electrons. The minimum absolute atomic E-state index is 0.0756. The number of hydrogen-bond donors (Lipinski definition) is 1. The highest BCUT2D eigenvalue weighted by atomic mass is 32.2. The van der Waals surface area contributed by atoms with E-state index in [1.165, 1.54) is 7.11 Å². The molecule has 1 aliphatic rings. The van der Waals surface area contributed by atoms with Gasteiger partial charge < -0.3 is 19.7 Å². The number of thioether (sulfide) groups is 1. The van der Waals surface area contributed by atoms with E-state index >= 15 is 0 Å². The molecular weight excluding hydrogens is 412 g/mol. The largest absolute Gasteiger partial charge is 0.496 e. The average molecular weight is 443 g/mol. The first-order valence-corrected chi connectivity index (χ1v) is 11.8. The van der Waals surface area contributed by atoms with Crippen molar-refractivity contribution in [2.75, 3.05) is 32.2 Å². The average Bonchev–Trinajstić information content (AvgIpc) is 2.81. The van der Waals surface area contributed by atoms with Crippen molar-refractivity contribution in [3.05, 3.63) is 65.7 Å². The number of morpholine rings is 1. The summed E-state index contributed by atoms with van der Waals surface area (Å²) in [5.41, 5.74) is 1.47. The number of nitrogens with zero attached hydrogens (tertiary/aromatic N) is 1. The van der Waals surface area contributed by atoms with Crippen LogP contribution in [0.25, 0.3) is 0 Å². The molecule has 1 N–H and O–H groups in total. The van der Waals surface area contributed by atoms with Crippen LogP contribution in [0.3, 0.4) is 0 Å². The third-order valence-corrected chi connectivity index (χ3v) is 5.95. The van der Waals surface area contributed by atoms with Gasteiger partial charge in [0, 0.05) is 6.54 Å². The maximum absolute atomic E-state index is 13.5. The van der Waals surface area contributed by atoms with Crippen molar-refractivity contribution >= 4 is 23.6 Å². The summed E-state index contributed by atoms with van der Waals surface area (Å²) in [7, 11) is 1.53. The van der Waals surface area contributed by atoms with Crippen LogP contribution in [0.4, 0.5) is 0 Å². The molecule has 0 aliphatic carbocycles. The van der Waals surface area contributed by atoms with Gasteiger partial charge in [-0.1, -0.05) is 42.5 Å². The molecule has 31 heavy (non-hydrogen) atoms. The van der Waals surface area contributed by atoms with E-state index in [1.54, 1.807) is 30.0 Å². The number of para-hydroxylation sites is 1. The van der Waals surface area contributed by atoms with Crippen LogP contribution in [0.1, 0.15) is 35.4 Å². The number of methoxy groups -OCH3 is 1. The topological polar surface area (TPSA) is 67.9 Å². The molecule has 1 saturated heterocycles. The number of amides is 2. The van der Waals surface area contributed by atoms with E-state index in [-0.39, 0.29) is 24.0 Å². The Bertz CT molecular complexity index is 877. The Labute approximate surface area is 188 Å². The van der Waals surface area contributed by atoms with Gasteiger partial charge in [-0.15, -0.1) is 0 Å². The van der Waals surface area contributed by atoms with Crippen LogP contribution < -0.4 is 10.1 Å². The number of hydrogen-bond acceptors (Lipinski definition) is 5. The first kappa shape index (κ1) is 23.2. The molecule has 7 heteroatoms. The maximum atomic E-state index is 13.5. The van der Waals surface area contributed by atoms with Crippen LogP contribution in [0.15, 0.2) is 54.6 Å². The minimum atomic E-state index is -0.605. The smallest absolute Gasteiger partial charge is 0.255 e. The molecule has 2 amide bonds. The highest BCUT2D eigenvalue weighted by molar-refractivity contribution is 7.98. The third-order valence-electron chi connectivity index (χ3n) is 5.31. The van der Waals surface area contributed by atoms with E-state index in [4.69, 9.17) is 9.47 Å². The van der Waals surface area contributed by atoms with Crippen LogP contribution in [-0.2, 0) is 9.53 Å². The minimum Gasteiger partial charge on any atom is -0.496 e. The monoisotopic (exact) mass is 442 g/mol. The molecule has 2 aromatic carbocycles. The van der Waals surface area contributed by atoms with Crippen molar-refractivity contribution in [3.8, 4) is 5.75 Å². The summed E-state index contributed by atoms with van der Waals surface area (Å²) in [5.74, 6) is 0.872. The molecule has 1 fully saturated rings. The highest BCUT2D eigenvalue weighted by Crippen LogP contribution is 2.26. The van der Waals surface area contributed by atoms with E-state index in [1.807, 2.05) is 54.5 Å². The summed E-state index contributed by atoms with van der Waals surface area (Å²) >= 11 is 1.65. The number of nitrogens with one attached hydrogen (secondary N) is 1. The summed E-state index contributed by atoms with van der Waals surface area (Å²) in [6.45, 7) is 2.94. The maximum Gasteiger partial charge on any atom is 0.255 e. The Hall–Kier alpha value is -2.51. The second kappa shape index (κ2) is 11.2. The van der Waals surface area contributed by atoms with E-state index in [0.29, 0.717) is 30.8 Å². The Morgan fingerprint density at radius 3 is 2.58 bits per heavy atom. The molecule has 3 unspecified atom stereocenters. The molecule has 3 rings (SSSR count). The van der Waals surface area contributed by atoms with Crippen LogP contribution in [-0.4, -0.2) is 61.1 Å². The highest BCUT2D eigenvalue weighted by Gasteiger charge is 2.33. The lowest BCUT2D eigenvalue weighted by Crippen LogP contribution is -2.54. The van der Waals surface area contributed by atoms with Gasteiger partial charge in [-0.3, -0.25) is 9.59 Å². The summed E-state index contributed by atoms with van der Waals surface area (Å²) in [4.78, 5) is 28.2. The Morgan fingerprint density at radius 2 is 1.87 bits per heavy atom. The summed E-state index contributed by atoms with van der Waals surface area (Å²) in [6.07, 6.45) is 2.28. The number of rotatable bonds is 8. The van der Waals surface area contributed by atoms with Gasteiger partial charge >= 0.3 is 0 Å². The Balaban J connectivity index is 1.76. The Morgan fingerprint density at radius 1 is 1.16 bits per heavy atom. The molecular formula is C24H30N2O4S. The molecule has 0 radical (unpaired) electrons. The molecule has 1 heterocycles. The van der Waals surface area contributed by atoms with Gasteiger partial charge in [0.1, 0.15) is 17.9 Å². The lowest BCUT2D eigenvalue weighted by molar-refractivity contribution is -0.146. The van der Waals surface area contributed by atoms with Crippen molar-refractivity contribution in [2.45, 2.75) is 31.6 Å². The van der Waals surface area contributed by atoms with E-state index in [9.17, 15) is 9.59 Å². The fraction of sp³-hybridized carbons (Fsp3) is 0.417. The van der Waals surface area contributed by atoms with Crippen LogP contribution in [0.2, 0.25) is 0 Å². The first-order valence-electron chi connectivity index (χ1n) is 10.5. The van der Waals surface area contributed by atoms with Gasteiger partial charge in [0.25, 0.3) is 5.91 Å². The zero-order valence-corrected chi connectivity index (χ0v) is 19.1. The van der Waals surface area contributed by atoms with Gasteiger partial charge in [-0.25, -0.2) is 0 Å². The van der Waals surface area contributed by atoms with Crippen LogP contribution in [0.5, 0.6) is 5.75 Å². The third kappa shape index (κ3) is 6.02. The van der Waals surface area contributed by atoms with Gasteiger partial charge in [0.2, 0.25) is 5.91 Å². The summed E-state index contributed by atoms with van der Waals surface area (Å²) in [5, 5.41) is 2.95. The SMILES string of the molecule is COc1ccccc1C(=O)NC(CCSC)C(=O)N1CC(C)OC(c2ccccc2)C1. The zero-order chi connectivity index (χ0) is 22.2. The molecule has 6 nitrogen and oxygen atoms in total. The zero-order valence-electron chi connectivity index (χ0n) is 18.2. The number of ether oxygens (including phenoxy) is 2. The lowest BCUT2D eigenvalue weighted by Gasteiger charge is -2.38. The van der Waals surface area contributed by atoms with Gasteiger partial charge in [0.15, 0.2) is 0 Å². The van der Waals surface area contributed by atoms with Crippen LogP contribution >= 0.6 is 11.8 Å². The Kier molecular flexibility index (Phi) is 8.37. The number of carbonyl (C=O) groups excluding carboxylic acids is 2. The van der Waals surface area contributed by atoms with Gasteiger partial charge in [-0.2, -0.15) is 11.8 Å². The van der Waals surface area contributed by atoms with Crippen molar-refractivity contribution in [1.29, 1.82) is 0 Å². The second-order valence-corrected chi connectivity index (χ2v) is 8.58. The number of benzene rings is 2. The fourth-order valence-electron chi connectivity index (χ4n) is 3.76. The fourth-order valence-corrected chi connectivity index (χ4v) is 4.24. The van der Waals surface area contributed by atoms with E-state index in [2.05, 4.69) is 5.32 Å². The van der Waals surface area contributed by atoms with Crippen LogP contribution in [0, 0.1) is 0 Å². The van der Waals surface area contributed by atoms with Crippen molar-refractivity contribution < 1.29 is 19.1 Å². The summed E-state index contributed by atoms with van der Waals surface area (Å²) < 4.78 is 11.4. The second-order valence-electron chi connectivity index (χ2n) is 7.60. The molecule has 0 bridgehead atoms. The number of carbonyl (C=O) groups is 2. The van der Waals surface area contributed by atoms with Gasteiger partial charge in [0.05, 0.1) is 25.3 Å². The molecule has 2 aromatic rings. The predicted octanol–water partition coefficient (Wildman–Crippen LogP) is 3.54. The van der Waals surface area contributed by atoms with E-state index in [0.717, 1.165) is 11.3 Å². The van der Waals surface area contributed by atoms with E-state index < -0.39 is 6.04 Å². The normalized spacial score (nSPS) is 19.5. The van der Waals surface area contributed by atoms with Crippen molar-refractivity contribution in [1.82, 2.24) is 10.2 Å². The molecule has 3 atom stereocenters. The predicted molar refractivity (Wildman–Crippen MR) is 124 cm³/mol. The lowest BCUT2D eigenvalue weighted by atomic mass is 10.0. The van der Waals surface area contributed by atoms with Gasteiger partial charge in [-0.05, 0) is 43.0 Å². The quantitative estimate of drug-likeness (QED) is 0.677. The molecule has 1 aliphatic heterocycles. The molecule has 0 aromatic heterocycles. The van der Waals surface area contributed by atoms with Crippen molar-refractivity contribution in [2.24, 2.45) is 0 Å². The molecule has 0 saturated carbocycles. The standard InChI is InChI=1S/C24H30N2O4S/c1-17-15-26(16-22(30-17)18-9-5-4-6-10-18)24(28)20(13-14-31-3)25-23(27)19-11-7-8-12-21(19)29-2/h4-12,17,20,22H,13-16H2,1-3H3,(H,25,27). The summed E-state index contributed by atoms with van der Waals surface area (Å²) in [6, 6.07) is 16.4. The van der Waals surface area contributed by atoms with Crippen molar-refractivity contribution in [3.63, 3.8) is 0 Å². The molecule has 0 spiro atoms. The first-order chi connectivity index (χ1) is 15.0.